The zero-order chi connectivity index (χ0) is 34.3. The van der Waals surface area contributed by atoms with Gasteiger partial charge in [0.2, 0.25) is 5.82 Å². The number of ether oxygens (including phenoxy) is 1. The number of rotatable bonds is 20. The number of halogens is 1. The Morgan fingerprint density at radius 3 is 2.48 bits per heavy atom. The number of hydrogen-bond acceptors (Lipinski definition) is 12. The Hall–Kier alpha value is -4.25. The van der Waals surface area contributed by atoms with Crippen LogP contribution in [0.25, 0.3) is 22.5 Å². The summed E-state index contributed by atoms with van der Waals surface area (Å²) in [6.07, 6.45) is 4.84. The van der Waals surface area contributed by atoms with E-state index in [1.54, 1.807) is 0 Å². The molecule has 1 unspecified atom stereocenters. The molecular formula is C32H42ClN9O6. The standard InChI is InChI=1S/C32H42ClN9O6/c1-2-3-13-27-36-29(33)28(31(43)35-26(12-6-7-18-34)32(44)47-19-8-9-20-48-42(45)46)41(27)21-22-14-16-23(17-15-22)24-10-4-5-11-25(24)30-37-39-40-38-30/h4-5,10-11,14-17,26,45-46H,2-3,6-9,12-13,18-21,34H2,1H3,(H,35,43)(H,37,38,39,40). The third-order valence-corrected chi connectivity index (χ3v) is 7.88. The van der Waals surface area contributed by atoms with Crippen LogP contribution >= 0.6 is 11.6 Å². The number of aromatic amines is 1. The first-order chi connectivity index (χ1) is 23.3. The van der Waals surface area contributed by atoms with Gasteiger partial charge in [-0.25, -0.2) is 9.78 Å². The summed E-state index contributed by atoms with van der Waals surface area (Å²) >= 11 is 6.61. The van der Waals surface area contributed by atoms with Gasteiger partial charge in [-0.3, -0.25) is 20.0 Å². The van der Waals surface area contributed by atoms with Crippen molar-refractivity contribution in [2.75, 3.05) is 19.8 Å². The van der Waals surface area contributed by atoms with Crippen LogP contribution in [0.2, 0.25) is 5.15 Å². The SMILES string of the molecule is CCCCc1nc(Cl)c(C(=O)NC(CCCCN)C(=O)OCCCCON(O)O)n1Cc1ccc(-c2ccccc2-c2nn[nH]n2)cc1. The molecule has 0 saturated carbocycles. The van der Waals surface area contributed by atoms with E-state index in [2.05, 4.69) is 42.7 Å². The highest BCUT2D eigenvalue weighted by atomic mass is 35.5. The van der Waals surface area contributed by atoms with Gasteiger partial charge in [-0.1, -0.05) is 73.5 Å². The van der Waals surface area contributed by atoms with E-state index < -0.39 is 17.9 Å². The van der Waals surface area contributed by atoms with Gasteiger partial charge in [-0.05, 0) is 67.0 Å². The summed E-state index contributed by atoms with van der Waals surface area (Å²) in [5.74, 6) is 0.0514. The number of imidazole rings is 1. The monoisotopic (exact) mass is 683 g/mol. The molecule has 0 aliphatic heterocycles. The van der Waals surface area contributed by atoms with Crippen LogP contribution in [0, 0.1) is 0 Å². The van der Waals surface area contributed by atoms with Gasteiger partial charge in [0, 0.05) is 18.5 Å². The molecule has 48 heavy (non-hydrogen) atoms. The van der Waals surface area contributed by atoms with E-state index in [1.165, 1.54) is 0 Å². The van der Waals surface area contributed by atoms with Crippen molar-refractivity contribution in [2.45, 2.75) is 70.9 Å². The van der Waals surface area contributed by atoms with Crippen molar-refractivity contribution in [2.24, 2.45) is 5.73 Å². The van der Waals surface area contributed by atoms with Crippen molar-refractivity contribution in [3.63, 3.8) is 0 Å². The second-order valence-corrected chi connectivity index (χ2v) is 11.5. The third-order valence-electron chi connectivity index (χ3n) is 7.62. The molecule has 2 heterocycles. The zero-order valence-corrected chi connectivity index (χ0v) is 27.6. The maximum absolute atomic E-state index is 13.8. The summed E-state index contributed by atoms with van der Waals surface area (Å²) < 4.78 is 7.23. The van der Waals surface area contributed by atoms with Gasteiger partial charge in [-0.2, -0.15) is 5.21 Å². The Bertz CT molecular complexity index is 1580. The van der Waals surface area contributed by atoms with E-state index in [1.807, 2.05) is 53.1 Å². The van der Waals surface area contributed by atoms with Gasteiger partial charge in [0.1, 0.15) is 17.6 Å². The number of nitrogens with two attached hydrogens (primary N) is 1. The lowest BCUT2D eigenvalue weighted by Gasteiger charge is -2.19. The number of hydrogen-bond donors (Lipinski definition) is 5. The average molecular weight is 684 g/mol. The second kappa shape index (κ2) is 18.9. The number of amides is 1. The molecule has 6 N–H and O–H groups in total. The minimum Gasteiger partial charge on any atom is -0.464 e. The Morgan fingerprint density at radius 1 is 1.04 bits per heavy atom. The topological polar surface area (TPSA) is 207 Å². The lowest BCUT2D eigenvalue weighted by molar-refractivity contribution is -0.492. The fraction of sp³-hybridized carbons (Fsp3) is 0.438. The Balaban J connectivity index is 1.52. The normalized spacial score (nSPS) is 12.0. The predicted molar refractivity (Wildman–Crippen MR) is 176 cm³/mol. The molecule has 15 nitrogen and oxygen atoms in total. The third kappa shape index (κ3) is 10.4. The number of H-pyrrole nitrogens is 1. The van der Waals surface area contributed by atoms with Gasteiger partial charge >= 0.3 is 5.97 Å². The molecule has 0 spiro atoms. The fourth-order valence-electron chi connectivity index (χ4n) is 5.15. The summed E-state index contributed by atoms with van der Waals surface area (Å²) in [6.45, 7) is 2.95. The Labute approximate surface area is 283 Å². The van der Waals surface area contributed by atoms with Crippen LogP contribution in [0.3, 0.4) is 0 Å². The van der Waals surface area contributed by atoms with Crippen molar-refractivity contribution in [1.29, 1.82) is 0 Å². The van der Waals surface area contributed by atoms with Crippen LogP contribution in [0.15, 0.2) is 48.5 Å². The van der Waals surface area contributed by atoms with E-state index in [9.17, 15) is 9.59 Å². The molecule has 4 aromatic rings. The molecule has 1 amide bonds. The van der Waals surface area contributed by atoms with Crippen molar-refractivity contribution in [3.05, 3.63) is 70.8 Å². The van der Waals surface area contributed by atoms with E-state index in [0.717, 1.165) is 35.1 Å². The van der Waals surface area contributed by atoms with Crippen molar-refractivity contribution in [3.8, 4) is 22.5 Å². The Morgan fingerprint density at radius 2 is 1.79 bits per heavy atom. The van der Waals surface area contributed by atoms with E-state index in [-0.39, 0.29) is 29.5 Å². The number of benzene rings is 2. The summed E-state index contributed by atoms with van der Waals surface area (Å²) in [5, 5.41) is 34.2. The number of carbonyl (C=O) groups is 2. The molecule has 2 aromatic carbocycles. The van der Waals surface area contributed by atoms with Crippen LogP contribution in [0.4, 0.5) is 0 Å². The smallest absolute Gasteiger partial charge is 0.328 e. The highest BCUT2D eigenvalue weighted by molar-refractivity contribution is 6.32. The van der Waals surface area contributed by atoms with Crippen LogP contribution in [-0.4, -0.2) is 83.7 Å². The number of nitrogens with one attached hydrogen (secondary N) is 2. The molecule has 0 aliphatic rings. The lowest BCUT2D eigenvalue weighted by atomic mass is 9.98. The molecule has 0 bridgehead atoms. The maximum atomic E-state index is 13.8. The first kappa shape index (κ1) is 36.6. The van der Waals surface area contributed by atoms with Gasteiger partial charge in [0.15, 0.2) is 5.15 Å². The van der Waals surface area contributed by atoms with Crippen LogP contribution in [0.1, 0.15) is 73.7 Å². The lowest BCUT2D eigenvalue weighted by Crippen LogP contribution is -2.43. The minimum atomic E-state index is -0.928. The molecule has 2 aromatic heterocycles. The number of unbranched alkanes of at least 4 members (excludes halogenated alkanes) is 3. The fourth-order valence-corrected chi connectivity index (χ4v) is 5.43. The minimum absolute atomic E-state index is 0.0281. The number of aromatic nitrogens is 6. The molecule has 0 radical (unpaired) electrons. The molecule has 16 heteroatoms. The Kier molecular flexibility index (Phi) is 14.4. The van der Waals surface area contributed by atoms with Crippen LogP contribution in [0.5, 0.6) is 0 Å². The first-order valence-electron chi connectivity index (χ1n) is 16.0. The van der Waals surface area contributed by atoms with Crippen molar-refractivity contribution in [1.82, 2.24) is 40.9 Å². The highest BCUT2D eigenvalue weighted by Gasteiger charge is 2.28. The molecule has 0 fully saturated rings. The highest BCUT2D eigenvalue weighted by Crippen LogP contribution is 2.30. The van der Waals surface area contributed by atoms with Gasteiger partial charge in [0.25, 0.3) is 5.91 Å². The van der Waals surface area contributed by atoms with E-state index in [4.69, 9.17) is 32.5 Å². The number of esters is 1. The van der Waals surface area contributed by atoms with Gasteiger partial charge < -0.3 is 20.4 Å². The molecule has 258 valence electrons. The molecule has 0 aliphatic carbocycles. The quantitative estimate of drug-likeness (QED) is 0.0501. The predicted octanol–water partition coefficient (Wildman–Crippen LogP) is 4.34. The largest absolute Gasteiger partial charge is 0.464 e. The molecule has 1 atom stereocenters. The average Bonchev–Trinajstić information content (AvgIpc) is 3.73. The summed E-state index contributed by atoms with van der Waals surface area (Å²) in [6, 6.07) is 14.8. The summed E-state index contributed by atoms with van der Waals surface area (Å²) in [5.41, 5.74) is 9.50. The number of tetrazole rings is 1. The molecule has 0 saturated heterocycles. The van der Waals surface area contributed by atoms with Gasteiger partial charge in [0.05, 0.1) is 18.6 Å². The van der Waals surface area contributed by atoms with Crippen LogP contribution < -0.4 is 11.1 Å². The number of aryl methyl sites for hydroxylation is 1. The van der Waals surface area contributed by atoms with Crippen molar-refractivity contribution < 1.29 is 29.6 Å². The van der Waals surface area contributed by atoms with Crippen LogP contribution in [-0.2, 0) is 27.3 Å². The first-order valence-corrected chi connectivity index (χ1v) is 16.4. The second-order valence-electron chi connectivity index (χ2n) is 11.1. The maximum Gasteiger partial charge on any atom is 0.328 e. The van der Waals surface area contributed by atoms with E-state index in [0.29, 0.717) is 63.3 Å². The van der Waals surface area contributed by atoms with E-state index >= 15 is 0 Å². The number of nitrogens with zero attached hydrogens (tertiary/aromatic N) is 6. The number of carbonyl (C=O) groups excluding carboxylic acids is 2. The van der Waals surface area contributed by atoms with Crippen molar-refractivity contribution >= 4 is 23.5 Å². The summed E-state index contributed by atoms with van der Waals surface area (Å²) in [4.78, 5) is 35.9. The summed E-state index contributed by atoms with van der Waals surface area (Å²) in [7, 11) is 0. The zero-order valence-electron chi connectivity index (χ0n) is 26.8. The molecular weight excluding hydrogens is 642 g/mol. The van der Waals surface area contributed by atoms with Gasteiger partial charge in [-0.15, -0.1) is 10.2 Å². The molecule has 4 rings (SSSR count).